The van der Waals surface area contributed by atoms with Gasteiger partial charge in [-0.25, -0.2) is 0 Å². The minimum absolute atomic E-state index is 0.270. The predicted octanol–water partition coefficient (Wildman–Crippen LogP) is 2.51. The molecule has 1 aromatic carbocycles. The first-order valence-electron chi connectivity index (χ1n) is 7.34. The number of fused-ring (bicyclic) bond motifs is 1. The number of rotatable bonds is 7. The summed E-state index contributed by atoms with van der Waals surface area (Å²) in [6.45, 7) is 4.64. The highest BCUT2D eigenvalue weighted by Crippen LogP contribution is 2.28. The molecule has 1 aliphatic rings. The second kappa shape index (κ2) is 6.64. The van der Waals surface area contributed by atoms with E-state index in [9.17, 15) is 4.79 Å². The van der Waals surface area contributed by atoms with E-state index in [1.54, 1.807) is 0 Å². The first-order chi connectivity index (χ1) is 9.55. The number of benzene rings is 1. The molecule has 1 unspecified atom stereocenters. The average Bonchev–Trinajstić information content (AvgIpc) is 2.86. The maximum Gasteiger partial charge on any atom is 0.237 e. The summed E-state index contributed by atoms with van der Waals surface area (Å²) in [5, 5.41) is 3.20. The molecule has 1 aromatic rings. The van der Waals surface area contributed by atoms with Crippen LogP contribution in [0.15, 0.2) is 23.1 Å². The zero-order chi connectivity index (χ0) is 14.6. The van der Waals surface area contributed by atoms with E-state index >= 15 is 0 Å². The van der Waals surface area contributed by atoms with Crippen LogP contribution in [0.4, 0.5) is 0 Å². The molecule has 110 valence electrons. The molecule has 3 N–H and O–H groups in total. The zero-order valence-electron chi connectivity index (χ0n) is 12.4. The zero-order valence-corrected chi connectivity index (χ0v) is 13.2. The summed E-state index contributed by atoms with van der Waals surface area (Å²) < 4.78 is 0. The van der Waals surface area contributed by atoms with Gasteiger partial charge in [0.15, 0.2) is 0 Å². The molecule has 1 aliphatic carbocycles. The minimum atomic E-state index is -0.599. The van der Waals surface area contributed by atoms with Gasteiger partial charge >= 0.3 is 0 Å². The molecule has 0 aliphatic heterocycles. The fourth-order valence-corrected chi connectivity index (χ4v) is 3.84. The summed E-state index contributed by atoms with van der Waals surface area (Å²) in [4.78, 5) is 12.9. The normalized spacial score (nSPS) is 16.7. The minimum Gasteiger partial charge on any atom is -0.368 e. The largest absolute Gasteiger partial charge is 0.368 e. The van der Waals surface area contributed by atoms with E-state index in [2.05, 4.69) is 23.5 Å². The molecule has 20 heavy (non-hydrogen) atoms. The molecule has 0 spiro atoms. The lowest BCUT2D eigenvalue weighted by Crippen LogP contribution is -2.53. The molecule has 0 heterocycles. The number of amides is 1. The standard InChI is InChI=1S/C16H24N2OS/c1-3-18-16(2,15(17)19)9-10-20-14-8-7-12-5-4-6-13(12)11-14/h7-8,11,18H,3-6,9-10H2,1-2H3,(H2,17,19). The number of aryl methyl sites for hydroxylation is 2. The van der Waals surface area contributed by atoms with Crippen LogP contribution < -0.4 is 11.1 Å². The van der Waals surface area contributed by atoms with E-state index in [4.69, 9.17) is 5.73 Å². The number of hydrogen-bond donors (Lipinski definition) is 2. The van der Waals surface area contributed by atoms with Crippen molar-refractivity contribution in [3.05, 3.63) is 29.3 Å². The molecular formula is C16H24N2OS. The van der Waals surface area contributed by atoms with E-state index < -0.39 is 5.54 Å². The van der Waals surface area contributed by atoms with Gasteiger partial charge in [0, 0.05) is 10.6 Å². The Morgan fingerprint density at radius 1 is 1.40 bits per heavy atom. The monoisotopic (exact) mass is 292 g/mol. The summed E-state index contributed by atoms with van der Waals surface area (Å²) in [5.74, 6) is 0.625. The number of carbonyl (C=O) groups is 1. The van der Waals surface area contributed by atoms with Gasteiger partial charge in [0.2, 0.25) is 5.91 Å². The third kappa shape index (κ3) is 3.55. The van der Waals surface area contributed by atoms with E-state index in [0.29, 0.717) is 0 Å². The van der Waals surface area contributed by atoms with E-state index in [1.165, 1.54) is 35.3 Å². The van der Waals surface area contributed by atoms with Crippen molar-refractivity contribution >= 4 is 17.7 Å². The quantitative estimate of drug-likeness (QED) is 0.759. The Bertz CT molecular complexity index is 489. The van der Waals surface area contributed by atoms with Crippen LogP contribution in [0.5, 0.6) is 0 Å². The smallest absolute Gasteiger partial charge is 0.237 e. The lowest BCUT2D eigenvalue weighted by Gasteiger charge is -2.26. The second-order valence-electron chi connectivity index (χ2n) is 5.61. The molecule has 0 saturated carbocycles. The molecule has 0 bridgehead atoms. The Morgan fingerprint density at radius 2 is 2.15 bits per heavy atom. The van der Waals surface area contributed by atoms with Crippen LogP contribution in [0.25, 0.3) is 0 Å². The van der Waals surface area contributed by atoms with Crippen LogP contribution in [0, 0.1) is 0 Å². The van der Waals surface area contributed by atoms with Gasteiger partial charge in [0.25, 0.3) is 0 Å². The lowest BCUT2D eigenvalue weighted by molar-refractivity contribution is -0.123. The summed E-state index contributed by atoms with van der Waals surface area (Å²) in [6, 6.07) is 6.76. The second-order valence-corrected chi connectivity index (χ2v) is 6.78. The van der Waals surface area contributed by atoms with Crippen molar-refractivity contribution in [2.75, 3.05) is 12.3 Å². The van der Waals surface area contributed by atoms with Gasteiger partial charge < -0.3 is 11.1 Å². The summed E-state index contributed by atoms with van der Waals surface area (Å²) >= 11 is 1.81. The SMILES string of the molecule is CCNC(C)(CCSc1ccc2c(c1)CCC2)C(N)=O. The van der Waals surface area contributed by atoms with E-state index in [1.807, 2.05) is 25.6 Å². The van der Waals surface area contributed by atoms with Crippen LogP contribution in [-0.4, -0.2) is 23.7 Å². The third-order valence-corrected chi connectivity index (χ3v) is 5.05. The molecule has 3 nitrogen and oxygen atoms in total. The summed E-state index contributed by atoms with van der Waals surface area (Å²) in [6.07, 6.45) is 4.46. The lowest BCUT2D eigenvalue weighted by atomic mass is 9.98. The van der Waals surface area contributed by atoms with Gasteiger partial charge in [-0.2, -0.15) is 0 Å². The van der Waals surface area contributed by atoms with Crippen molar-refractivity contribution in [3.8, 4) is 0 Å². The number of thioether (sulfide) groups is 1. The summed E-state index contributed by atoms with van der Waals surface area (Å²) in [7, 11) is 0. The highest BCUT2D eigenvalue weighted by atomic mass is 32.2. The first kappa shape index (κ1) is 15.4. The fraction of sp³-hybridized carbons (Fsp3) is 0.562. The van der Waals surface area contributed by atoms with Gasteiger partial charge in [0.05, 0.1) is 5.54 Å². The fourth-order valence-electron chi connectivity index (χ4n) is 2.70. The Hall–Kier alpha value is -1.00. The molecular weight excluding hydrogens is 268 g/mol. The summed E-state index contributed by atoms with van der Waals surface area (Å²) in [5.41, 5.74) is 7.90. The highest BCUT2D eigenvalue weighted by molar-refractivity contribution is 7.99. The molecule has 1 amide bonds. The van der Waals surface area contributed by atoms with Crippen molar-refractivity contribution in [1.82, 2.24) is 5.32 Å². The van der Waals surface area contributed by atoms with Crippen LogP contribution in [0.1, 0.15) is 37.8 Å². The number of hydrogen-bond acceptors (Lipinski definition) is 3. The predicted molar refractivity (Wildman–Crippen MR) is 85.1 cm³/mol. The number of likely N-dealkylation sites (N-methyl/N-ethyl adjacent to an activating group) is 1. The van der Waals surface area contributed by atoms with Gasteiger partial charge in [-0.05, 0) is 62.4 Å². The Balaban J connectivity index is 1.90. The highest BCUT2D eigenvalue weighted by Gasteiger charge is 2.29. The maximum absolute atomic E-state index is 11.6. The number of nitrogens with one attached hydrogen (secondary N) is 1. The van der Waals surface area contributed by atoms with Crippen molar-refractivity contribution < 1.29 is 4.79 Å². The third-order valence-electron chi connectivity index (χ3n) is 4.05. The molecule has 0 fully saturated rings. The van der Waals surface area contributed by atoms with Crippen LogP contribution in [-0.2, 0) is 17.6 Å². The number of nitrogens with two attached hydrogens (primary N) is 1. The Kier molecular flexibility index (Phi) is 5.11. The van der Waals surface area contributed by atoms with Crippen molar-refractivity contribution in [3.63, 3.8) is 0 Å². The van der Waals surface area contributed by atoms with Crippen LogP contribution >= 0.6 is 11.8 Å². The molecule has 1 atom stereocenters. The van der Waals surface area contributed by atoms with Crippen LogP contribution in [0.3, 0.4) is 0 Å². The molecule has 0 saturated heterocycles. The van der Waals surface area contributed by atoms with Crippen molar-refractivity contribution in [2.45, 2.75) is 50.0 Å². The van der Waals surface area contributed by atoms with Gasteiger partial charge in [-0.15, -0.1) is 11.8 Å². The Morgan fingerprint density at radius 3 is 2.85 bits per heavy atom. The van der Waals surface area contributed by atoms with Crippen molar-refractivity contribution in [1.29, 1.82) is 0 Å². The van der Waals surface area contributed by atoms with Gasteiger partial charge in [0.1, 0.15) is 0 Å². The van der Waals surface area contributed by atoms with E-state index in [-0.39, 0.29) is 5.91 Å². The average molecular weight is 292 g/mol. The van der Waals surface area contributed by atoms with Crippen LogP contribution in [0.2, 0.25) is 0 Å². The molecule has 0 radical (unpaired) electrons. The first-order valence-corrected chi connectivity index (χ1v) is 8.33. The number of carbonyl (C=O) groups excluding carboxylic acids is 1. The molecule has 2 rings (SSSR count). The van der Waals surface area contributed by atoms with Gasteiger partial charge in [-0.3, -0.25) is 4.79 Å². The van der Waals surface area contributed by atoms with E-state index in [0.717, 1.165) is 18.7 Å². The Labute approximate surface area is 125 Å². The topological polar surface area (TPSA) is 55.1 Å². The molecule has 4 heteroatoms. The molecule has 0 aromatic heterocycles. The maximum atomic E-state index is 11.6. The number of primary amides is 1. The van der Waals surface area contributed by atoms with Crippen molar-refractivity contribution in [2.24, 2.45) is 5.73 Å². The van der Waals surface area contributed by atoms with Gasteiger partial charge in [-0.1, -0.05) is 13.0 Å².